The first kappa shape index (κ1) is 27.7. The Morgan fingerprint density at radius 3 is 2.49 bits per heavy atom. The van der Waals surface area contributed by atoms with E-state index in [1.54, 1.807) is 13.0 Å². The van der Waals surface area contributed by atoms with Crippen LogP contribution in [0.15, 0.2) is 18.3 Å². The van der Waals surface area contributed by atoms with E-state index in [2.05, 4.69) is 10.3 Å². The molecule has 1 fully saturated rings. The summed E-state index contributed by atoms with van der Waals surface area (Å²) in [6.07, 6.45) is -3.56. The monoisotopic (exact) mass is 550 g/mol. The molecular weight excluding hydrogens is 527 g/mol. The average molecular weight is 552 g/mol. The number of hydrogen-bond donors (Lipinski definition) is 4. The number of carbonyl (C=O) groups excluding carboxylic acids is 1. The molecule has 1 aromatic carbocycles. The molecule has 1 aliphatic heterocycles. The molecule has 4 N–H and O–H groups in total. The number of rotatable bonds is 8. The minimum absolute atomic E-state index is 0.0478. The van der Waals surface area contributed by atoms with E-state index in [1.807, 2.05) is 0 Å². The van der Waals surface area contributed by atoms with E-state index in [-0.39, 0.29) is 33.8 Å². The normalized spacial score (nSPS) is 24.2. The van der Waals surface area contributed by atoms with Gasteiger partial charge >= 0.3 is 0 Å². The zero-order valence-corrected chi connectivity index (χ0v) is 21.3. The highest BCUT2D eigenvalue weighted by Gasteiger charge is 2.45. The smallest absolute Gasteiger partial charge is 0.252 e. The van der Waals surface area contributed by atoms with Crippen LogP contribution in [-0.4, -0.2) is 77.7 Å². The second-order valence-electron chi connectivity index (χ2n) is 7.74. The van der Waals surface area contributed by atoms with Gasteiger partial charge in [0.05, 0.1) is 23.8 Å². The summed E-state index contributed by atoms with van der Waals surface area (Å²) in [5, 5.41) is 33.0. The van der Waals surface area contributed by atoms with Crippen LogP contribution >= 0.6 is 34.8 Å². The van der Waals surface area contributed by atoms with Gasteiger partial charge in [0.2, 0.25) is 5.88 Å². The van der Waals surface area contributed by atoms with Crippen LogP contribution in [0.3, 0.4) is 0 Å². The lowest BCUT2D eigenvalue weighted by molar-refractivity contribution is -0.261. The van der Waals surface area contributed by atoms with Crippen molar-refractivity contribution in [2.45, 2.75) is 44.2 Å². The highest BCUT2D eigenvalue weighted by Crippen LogP contribution is 2.38. The van der Waals surface area contributed by atoms with Crippen LogP contribution < -0.4 is 14.8 Å². The van der Waals surface area contributed by atoms with Crippen molar-refractivity contribution in [1.82, 2.24) is 10.3 Å². The number of benzene rings is 1. The number of amides is 1. The molecular formula is C22H25Cl3N2O8. The van der Waals surface area contributed by atoms with Crippen LogP contribution in [0.4, 0.5) is 0 Å². The van der Waals surface area contributed by atoms with Crippen molar-refractivity contribution in [3.8, 4) is 11.6 Å². The molecule has 192 valence electrons. The number of ether oxygens (including phenoxy) is 4. The van der Waals surface area contributed by atoms with Crippen molar-refractivity contribution in [2.75, 3.05) is 20.8 Å². The Morgan fingerprint density at radius 1 is 1.17 bits per heavy atom. The van der Waals surface area contributed by atoms with E-state index < -0.39 is 43.2 Å². The first-order valence-corrected chi connectivity index (χ1v) is 11.5. The predicted octanol–water partition coefficient (Wildman–Crippen LogP) is 2.12. The molecule has 2 aromatic rings. The molecule has 0 bridgehead atoms. The largest absolute Gasteiger partial charge is 0.486 e. The Bertz CT molecular complexity index is 1070. The third-order valence-corrected chi connectivity index (χ3v) is 6.52. The van der Waals surface area contributed by atoms with Crippen molar-refractivity contribution in [3.63, 3.8) is 0 Å². The zero-order chi connectivity index (χ0) is 25.9. The molecule has 10 nitrogen and oxygen atoms in total. The van der Waals surface area contributed by atoms with Gasteiger partial charge in [0.25, 0.3) is 5.91 Å². The van der Waals surface area contributed by atoms with Crippen molar-refractivity contribution in [2.24, 2.45) is 0 Å². The van der Waals surface area contributed by atoms with Gasteiger partial charge in [-0.15, -0.1) is 0 Å². The molecule has 1 amide bonds. The molecule has 5 atom stereocenters. The maximum Gasteiger partial charge on any atom is 0.252 e. The molecule has 1 aromatic heterocycles. The third kappa shape index (κ3) is 5.92. The summed E-state index contributed by atoms with van der Waals surface area (Å²) in [5.74, 6) is -0.207. The summed E-state index contributed by atoms with van der Waals surface area (Å²) < 4.78 is 21.4. The number of nitrogens with one attached hydrogen (secondary N) is 1. The number of pyridine rings is 1. The summed E-state index contributed by atoms with van der Waals surface area (Å²) in [6.45, 7) is 1.11. The Hall–Kier alpha value is -1.89. The summed E-state index contributed by atoms with van der Waals surface area (Å²) in [5.41, 5.74) is 1.12. The lowest BCUT2D eigenvalue weighted by atomic mass is 9.96. The maximum atomic E-state index is 13.0. The summed E-state index contributed by atoms with van der Waals surface area (Å²) in [7, 11) is 2.76. The highest BCUT2D eigenvalue weighted by molar-refractivity contribution is 6.38. The second-order valence-corrected chi connectivity index (χ2v) is 8.93. The van der Waals surface area contributed by atoms with Crippen LogP contribution in [0.2, 0.25) is 15.1 Å². The Kier molecular flexibility index (Phi) is 9.41. The van der Waals surface area contributed by atoms with E-state index in [9.17, 15) is 20.1 Å². The van der Waals surface area contributed by atoms with Gasteiger partial charge in [-0.05, 0) is 24.6 Å². The molecule has 1 aliphatic rings. The second kappa shape index (κ2) is 11.9. The van der Waals surface area contributed by atoms with Crippen LogP contribution in [0, 0.1) is 6.92 Å². The number of methoxy groups -OCH3 is 2. The van der Waals surface area contributed by atoms with Crippen molar-refractivity contribution in [3.05, 3.63) is 50.1 Å². The molecule has 35 heavy (non-hydrogen) atoms. The van der Waals surface area contributed by atoms with Gasteiger partial charge in [0.1, 0.15) is 36.0 Å². The number of halogens is 3. The molecule has 0 aliphatic carbocycles. The van der Waals surface area contributed by atoms with E-state index in [1.165, 1.54) is 26.5 Å². The SMILES string of the molecule is COc1ncc(COc2c(Cl)cc(C(=O)N[C@H]3[C@H](OC)O[C@H](CO)[C@@H](O)[C@@H]3O)c(C)c2Cl)cc1Cl. The fourth-order valence-corrected chi connectivity index (χ4v) is 4.41. The van der Waals surface area contributed by atoms with E-state index in [4.69, 9.17) is 53.8 Å². The average Bonchev–Trinajstić information content (AvgIpc) is 2.84. The fourth-order valence-electron chi connectivity index (χ4n) is 3.58. The quantitative estimate of drug-likeness (QED) is 0.388. The molecule has 0 saturated carbocycles. The van der Waals surface area contributed by atoms with Gasteiger partial charge in [0, 0.05) is 24.4 Å². The lowest BCUT2D eigenvalue weighted by Crippen LogP contribution is -2.64. The Balaban J connectivity index is 1.78. The van der Waals surface area contributed by atoms with Crippen molar-refractivity contribution < 1.29 is 39.1 Å². The summed E-state index contributed by atoms with van der Waals surface area (Å²) in [4.78, 5) is 17.1. The molecule has 1 saturated heterocycles. The molecule has 0 spiro atoms. The standard InChI is InChI=1S/C22H25Cl3N2O8/c1-9-11(20(31)27-16-18(30)17(29)14(7-28)35-22(16)33-3)5-12(23)19(15(9)25)34-8-10-4-13(24)21(32-2)26-6-10/h4-6,14,16-18,22,28-30H,7-8H2,1-3H3,(H,27,31)/t14-,16-,17-,18-,22-/m1/s1. The topological polar surface area (TPSA) is 140 Å². The van der Waals surface area contributed by atoms with Gasteiger partial charge < -0.3 is 39.6 Å². The number of hydrogen-bond acceptors (Lipinski definition) is 9. The highest BCUT2D eigenvalue weighted by atomic mass is 35.5. The molecule has 3 rings (SSSR count). The Labute approximate surface area is 216 Å². The van der Waals surface area contributed by atoms with Gasteiger partial charge in [0.15, 0.2) is 12.0 Å². The molecule has 13 heteroatoms. The minimum atomic E-state index is -1.46. The number of aromatic nitrogens is 1. The number of nitrogens with zero attached hydrogens (tertiary/aromatic N) is 1. The van der Waals surface area contributed by atoms with Crippen molar-refractivity contribution in [1.29, 1.82) is 0 Å². The van der Waals surface area contributed by atoms with Crippen LogP contribution in [0.25, 0.3) is 0 Å². The fraction of sp³-hybridized carbons (Fsp3) is 0.455. The van der Waals surface area contributed by atoms with Crippen LogP contribution in [-0.2, 0) is 16.1 Å². The predicted molar refractivity (Wildman–Crippen MR) is 127 cm³/mol. The van der Waals surface area contributed by atoms with Gasteiger partial charge in [-0.25, -0.2) is 4.98 Å². The third-order valence-electron chi connectivity index (χ3n) is 5.52. The summed E-state index contributed by atoms with van der Waals surface area (Å²) in [6, 6.07) is 1.87. The van der Waals surface area contributed by atoms with E-state index in [0.717, 1.165) is 0 Å². The van der Waals surface area contributed by atoms with Crippen LogP contribution in [0.1, 0.15) is 21.5 Å². The summed E-state index contributed by atoms with van der Waals surface area (Å²) >= 11 is 18.9. The molecule has 0 radical (unpaired) electrons. The first-order valence-electron chi connectivity index (χ1n) is 10.4. The van der Waals surface area contributed by atoms with E-state index in [0.29, 0.717) is 16.1 Å². The van der Waals surface area contributed by atoms with Crippen molar-refractivity contribution >= 4 is 40.7 Å². The number of carbonyl (C=O) groups is 1. The molecule has 2 heterocycles. The van der Waals surface area contributed by atoms with Crippen LogP contribution in [0.5, 0.6) is 11.6 Å². The van der Waals surface area contributed by atoms with Gasteiger partial charge in [-0.1, -0.05) is 34.8 Å². The Morgan fingerprint density at radius 2 is 1.89 bits per heavy atom. The maximum absolute atomic E-state index is 13.0. The zero-order valence-electron chi connectivity index (χ0n) is 19.0. The van der Waals surface area contributed by atoms with Gasteiger partial charge in [-0.3, -0.25) is 4.79 Å². The minimum Gasteiger partial charge on any atom is -0.486 e. The number of aliphatic hydroxyl groups excluding tert-OH is 3. The number of aliphatic hydroxyl groups is 3. The van der Waals surface area contributed by atoms with E-state index >= 15 is 0 Å². The van der Waals surface area contributed by atoms with Gasteiger partial charge in [-0.2, -0.15) is 0 Å². The lowest BCUT2D eigenvalue weighted by Gasteiger charge is -2.41. The first-order chi connectivity index (χ1) is 16.6. The molecule has 0 unspecified atom stereocenters.